The zero-order chi connectivity index (χ0) is 28.2. The van der Waals surface area contributed by atoms with Crippen LogP contribution in [0.2, 0.25) is 0 Å². The van der Waals surface area contributed by atoms with Gasteiger partial charge in [0, 0.05) is 20.2 Å². The molecule has 1 amide bonds. The molecule has 10 heteroatoms. The van der Waals surface area contributed by atoms with Crippen LogP contribution in [0.4, 0.5) is 4.39 Å². The first-order chi connectivity index (χ1) is 18.5. The Morgan fingerprint density at radius 1 is 1.00 bits per heavy atom. The number of nitrogens with zero attached hydrogens (tertiary/aromatic N) is 2. The van der Waals surface area contributed by atoms with E-state index in [1.807, 2.05) is 37.6 Å². The smallest absolute Gasteiger partial charge is 0.281 e. The Bertz CT molecular complexity index is 1630. The molecule has 0 fully saturated rings. The van der Waals surface area contributed by atoms with Crippen molar-refractivity contribution in [3.63, 3.8) is 0 Å². The van der Waals surface area contributed by atoms with Crippen LogP contribution in [0, 0.1) is 25.6 Å². The lowest BCUT2D eigenvalue weighted by Crippen LogP contribution is -2.31. The van der Waals surface area contributed by atoms with Gasteiger partial charge in [0.15, 0.2) is 5.03 Å². The van der Waals surface area contributed by atoms with Crippen LogP contribution in [0.3, 0.4) is 0 Å². The zero-order valence-electron chi connectivity index (χ0n) is 21.9. The third-order valence-electron chi connectivity index (χ3n) is 5.52. The van der Waals surface area contributed by atoms with E-state index < -0.39 is 21.7 Å². The topological polar surface area (TPSA) is 107 Å². The van der Waals surface area contributed by atoms with E-state index in [0.29, 0.717) is 35.1 Å². The van der Waals surface area contributed by atoms with Crippen LogP contribution in [0.5, 0.6) is 17.4 Å². The van der Waals surface area contributed by atoms with E-state index in [4.69, 9.17) is 9.47 Å². The minimum atomic E-state index is -4.28. The van der Waals surface area contributed by atoms with E-state index in [0.717, 1.165) is 5.56 Å². The number of aromatic nitrogens is 2. The number of carbonyl (C=O) groups excluding carboxylic acids is 1. The largest absolute Gasteiger partial charge is 0.493 e. The molecule has 0 atom stereocenters. The lowest BCUT2D eigenvalue weighted by atomic mass is 10.1. The van der Waals surface area contributed by atoms with Crippen molar-refractivity contribution in [1.29, 1.82) is 0 Å². The first-order valence-corrected chi connectivity index (χ1v) is 13.7. The van der Waals surface area contributed by atoms with Crippen LogP contribution in [0.15, 0.2) is 77.8 Å². The molecule has 2 aromatic heterocycles. The Hall–Kier alpha value is -4.31. The number of carbonyl (C=O) groups is 1. The van der Waals surface area contributed by atoms with Crippen molar-refractivity contribution in [2.75, 3.05) is 6.61 Å². The maximum Gasteiger partial charge on any atom is 0.281 e. The van der Waals surface area contributed by atoms with Gasteiger partial charge in [-0.2, -0.15) is 8.42 Å². The number of pyridine rings is 2. The van der Waals surface area contributed by atoms with Crippen molar-refractivity contribution >= 4 is 15.9 Å². The van der Waals surface area contributed by atoms with Crippen LogP contribution >= 0.6 is 0 Å². The number of hydrogen-bond acceptors (Lipinski definition) is 7. The van der Waals surface area contributed by atoms with Gasteiger partial charge in [0.25, 0.3) is 15.9 Å². The fourth-order valence-corrected chi connectivity index (χ4v) is 4.56. The van der Waals surface area contributed by atoms with Crippen LogP contribution in [-0.2, 0) is 10.0 Å². The molecule has 39 heavy (non-hydrogen) atoms. The van der Waals surface area contributed by atoms with Crippen LogP contribution in [0.25, 0.3) is 11.3 Å². The summed E-state index contributed by atoms with van der Waals surface area (Å²) in [6.45, 7) is 7.83. The monoisotopic (exact) mass is 553 g/mol. The number of ether oxygens (including phenoxy) is 2. The summed E-state index contributed by atoms with van der Waals surface area (Å²) in [7, 11) is -4.28. The number of sulfonamides is 1. The molecule has 206 valence electrons. The fourth-order valence-electron chi connectivity index (χ4n) is 3.58. The number of nitrogens with one attached hydrogen (secondary N) is 1. The predicted octanol–water partition coefficient (Wildman–Crippen LogP) is 6.34. The number of para-hydroxylation sites is 1. The minimum Gasteiger partial charge on any atom is -0.493 e. The molecule has 0 bridgehead atoms. The third-order valence-corrected chi connectivity index (χ3v) is 6.75. The van der Waals surface area contributed by atoms with Gasteiger partial charge in [-0.15, -0.1) is 0 Å². The van der Waals surface area contributed by atoms with Gasteiger partial charge in [-0.25, -0.2) is 19.1 Å². The highest BCUT2D eigenvalue weighted by atomic mass is 32.2. The summed E-state index contributed by atoms with van der Waals surface area (Å²) in [6, 6.07) is 18.6. The minimum absolute atomic E-state index is 0. The van der Waals surface area contributed by atoms with Crippen molar-refractivity contribution in [3.05, 3.63) is 95.4 Å². The number of halogens is 1. The Labute approximate surface area is 229 Å². The molecular weight excluding hydrogens is 521 g/mol. The number of aryl methyl sites for hydroxylation is 2. The standard InChI is InChI=1S/C29H28FN3O5S.2H2/c1-18(2)17-37-23-15-21(14-22(30)16-23)25-13-12-24(29(32-25)38-26-10-6-5-8-19(26)3)28(34)33-39(35,36)27-11-7-9-20(4)31-27;;/h5-16,18H,17H2,1-4H3,(H,33,34);2*1H. The maximum absolute atomic E-state index is 14.4. The van der Waals surface area contributed by atoms with E-state index in [1.54, 1.807) is 31.2 Å². The van der Waals surface area contributed by atoms with Gasteiger partial charge >= 0.3 is 0 Å². The van der Waals surface area contributed by atoms with Crippen LogP contribution in [0.1, 0.15) is 38.3 Å². The molecule has 4 rings (SSSR count). The van der Waals surface area contributed by atoms with Crippen LogP contribution < -0.4 is 14.2 Å². The number of amides is 1. The van der Waals surface area contributed by atoms with Gasteiger partial charge in [-0.05, 0) is 67.8 Å². The lowest BCUT2D eigenvalue weighted by Gasteiger charge is -2.14. The van der Waals surface area contributed by atoms with E-state index >= 15 is 0 Å². The molecule has 0 aliphatic carbocycles. The summed E-state index contributed by atoms with van der Waals surface area (Å²) in [6.07, 6.45) is 0. The first kappa shape index (κ1) is 27.7. The molecular formula is C29H32FN3O5S. The number of benzene rings is 2. The lowest BCUT2D eigenvalue weighted by molar-refractivity contribution is 0.0978. The summed E-state index contributed by atoms with van der Waals surface area (Å²) in [4.78, 5) is 21.7. The van der Waals surface area contributed by atoms with Crippen molar-refractivity contribution in [2.24, 2.45) is 5.92 Å². The maximum atomic E-state index is 14.4. The molecule has 0 saturated carbocycles. The average Bonchev–Trinajstić information content (AvgIpc) is 2.88. The zero-order valence-corrected chi connectivity index (χ0v) is 22.8. The number of hydrogen-bond donors (Lipinski definition) is 1. The Morgan fingerprint density at radius 2 is 1.77 bits per heavy atom. The van der Waals surface area contributed by atoms with Crippen molar-refractivity contribution in [3.8, 4) is 28.6 Å². The molecule has 0 aliphatic rings. The molecule has 4 aromatic rings. The molecule has 0 aliphatic heterocycles. The molecule has 2 aromatic carbocycles. The molecule has 0 spiro atoms. The van der Waals surface area contributed by atoms with E-state index in [2.05, 4.69) is 9.97 Å². The average molecular weight is 554 g/mol. The van der Waals surface area contributed by atoms with E-state index in [9.17, 15) is 17.6 Å². The van der Waals surface area contributed by atoms with E-state index in [1.165, 1.54) is 36.4 Å². The molecule has 1 N–H and O–H groups in total. The highest BCUT2D eigenvalue weighted by Gasteiger charge is 2.24. The van der Waals surface area contributed by atoms with Gasteiger partial charge in [0.05, 0.1) is 12.3 Å². The van der Waals surface area contributed by atoms with E-state index in [-0.39, 0.29) is 25.2 Å². The summed E-state index contributed by atoms with van der Waals surface area (Å²) in [5.41, 5.74) is 1.81. The van der Waals surface area contributed by atoms with Crippen LogP contribution in [-0.4, -0.2) is 30.9 Å². The number of rotatable bonds is 9. The molecule has 0 saturated heterocycles. The van der Waals surface area contributed by atoms with Crippen molar-refractivity contribution in [1.82, 2.24) is 14.7 Å². The molecule has 2 heterocycles. The molecule has 8 nitrogen and oxygen atoms in total. The van der Waals surface area contributed by atoms with Gasteiger partial charge in [-0.3, -0.25) is 4.79 Å². The fraction of sp³-hybridized carbons (Fsp3) is 0.207. The molecule has 0 unspecified atom stereocenters. The quantitative estimate of drug-likeness (QED) is 0.258. The van der Waals surface area contributed by atoms with Gasteiger partial charge in [-0.1, -0.05) is 38.1 Å². The Morgan fingerprint density at radius 3 is 2.49 bits per heavy atom. The predicted molar refractivity (Wildman–Crippen MR) is 149 cm³/mol. The first-order valence-electron chi connectivity index (χ1n) is 12.2. The summed E-state index contributed by atoms with van der Waals surface area (Å²) in [5, 5.41) is -0.296. The summed E-state index contributed by atoms with van der Waals surface area (Å²) in [5.74, 6) is -0.636. The Balaban J connectivity index is 0.00000294. The summed E-state index contributed by atoms with van der Waals surface area (Å²) >= 11 is 0. The second-order valence-corrected chi connectivity index (χ2v) is 11.0. The van der Waals surface area contributed by atoms with Crippen molar-refractivity contribution in [2.45, 2.75) is 32.7 Å². The highest BCUT2D eigenvalue weighted by Crippen LogP contribution is 2.31. The second kappa shape index (κ2) is 11.6. The normalized spacial score (nSPS) is 11.3. The summed E-state index contributed by atoms with van der Waals surface area (Å²) < 4.78 is 53.9. The Kier molecular flexibility index (Phi) is 8.25. The van der Waals surface area contributed by atoms with Gasteiger partial charge in [0.1, 0.15) is 22.9 Å². The molecule has 0 radical (unpaired) electrons. The van der Waals surface area contributed by atoms with Gasteiger partial charge < -0.3 is 9.47 Å². The highest BCUT2D eigenvalue weighted by molar-refractivity contribution is 7.90. The third kappa shape index (κ3) is 6.97. The van der Waals surface area contributed by atoms with Gasteiger partial charge in [0.2, 0.25) is 5.88 Å². The second-order valence-electron chi connectivity index (χ2n) is 9.35. The SMILES string of the molecule is Cc1cccc(S(=O)(=O)NC(=O)c2ccc(-c3cc(F)cc(OCC(C)C)c3)nc2Oc2ccccc2C)n1.[HH].[HH]. The van der Waals surface area contributed by atoms with Crippen molar-refractivity contribution < 1.29 is 29.9 Å².